The third kappa shape index (κ3) is 1.55. The summed E-state index contributed by atoms with van der Waals surface area (Å²) in [5.74, 6) is 0. The number of aromatic nitrogens is 1. The zero-order valence-corrected chi connectivity index (χ0v) is 9.52. The van der Waals surface area contributed by atoms with Gasteiger partial charge in [0.25, 0.3) is 0 Å². The molecule has 2 aliphatic heterocycles. The first kappa shape index (κ1) is 10.2. The molecule has 2 fully saturated rings. The lowest BCUT2D eigenvalue weighted by Gasteiger charge is -2.36. The lowest BCUT2D eigenvalue weighted by atomic mass is 9.85. The van der Waals surface area contributed by atoms with Crippen LogP contribution in [0.3, 0.4) is 0 Å². The number of ether oxygens (including phenoxy) is 1. The summed E-state index contributed by atoms with van der Waals surface area (Å²) in [6.07, 6.45) is 5.77. The van der Waals surface area contributed by atoms with Crippen molar-refractivity contribution in [3.63, 3.8) is 0 Å². The maximum absolute atomic E-state index is 10.8. The molecule has 2 unspecified atom stereocenters. The third-order valence-electron chi connectivity index (χ3n) is 3.78. The molecule has 0 amide bonds. The molecule has 16 heavy (non-hydrogen) atoms. The lowest BCUT2D eigenvalue weighted by Crippen LogP contribution is -2.39. The molecular weight excluding hydrogens is 202 g/mol. The monoisotopic (exact) mass is 219 g/mol. The number of hydrogen-bond acceptors (Lipinski definition) is 3. The van der Waals surface area contributed by atoms with Crippen molar-refractivity contribution in [2.24, 2.45) is 0 Å². The van der Waals surface area contributed by atoms with E-state index >= 15 is 0 Å². The normalized spacial score (nSPS) is 37.6. The number of nitrogens with zero attached hydrogens (tertiary/aromatic N) is 1. The summed E-state index contributed by atoms with van der Waals surface area (Å²) in [6, 6.07) is 3.92. The Hall–Kier alpha value is -0.930. The number of aliphatic hydroxyl groups is 1. The van der Waals surface area contributed by atoms with Crippen LogP contribution < -0.4 is 0 Å². The molecule has 1 aromatic heterocycles. The predicted octanol–water partition coefficient (Wildman–Crippen LogP) is 1.92. The standard InChI is InChI=1S/C13H17NO2/c1-9-3-2-6-14-12(9)13(15)7-10-4-5-11(8-13)16-10/h2-3,6,10-11,15H,4-5,7-8H2,1H3. The van der Waals surface area contributed by atoms with Crippen molar-refractivity contribution in [3.05, 3.63) is 29.6 Å². The largest absolute Gasteiger partial charge is 0.383 e. The Balaban J connectivity index is 1.96. The Morgan fingerprint density at radius 1 is 1.38 bits per heavy atom. The van der Waals surface area contributed by atoms with Crippen LogP contribution in [0, 0.1) is 6.92 Å². The SMILES string of the molecule is Cc1cccnc1C1(O)CC2CCC(C1)O2. The van der Waals surface area contributed by atoms with Crippen LogP contribution in [0.4, 0.5) is 0 Å². The molecule has 3 nitrogen and oxygen atoms in total. The van der Waals surface area contributed by atoms with Gasteiger partial charge in [-0.05, 0) is 31.4 Å². The molecule has 0 spiro atoms. The number of hydrogen-bond donors (Lipinski definition) is 1. The Bertz CT molecular complexity index is 393. The summed E-state index contributed by atoms with van der Waals surface area (Å²) < 4.78 is 5.77. The molecule has 3 rings (SSSR count). The molecular formula is C13H17NO2. The van der Waals surface area contributed by atoms with E-state index in [1.165, 1.54) is 0 Å². The molecule has 86 valence electrons. The van der Waals surface area contributed by atoms with Gasteiger partial charge < -0.3 is 9.84 Å². The topological polar surface area (TPSA) is 42.4 Å². The molecule has 0 saturated carbocycles. The third-order valence-corrected chi connectivity index (χ3v) is 3.78. The van der Waals surface area contributed by atoms with Crippen LogP contribution in [0.2, 0.25) is 0 Å². The van der Waals surface area contributed by atoms with E-state index in [1.807, 2.05) is 19.1 Å². The molecule has 2 bridgehead atoms. The van der Waals surface area contributed by atoms with Crippen molar-refractivity contribution in [2.75, 3.05) is 0 Å². The van der Waals surface area contributed by atoms with Gasteiger partial charge in [0, 0.05) is 19.0 Å². The number of rotatable bonds is 1. The summed E-state index contributed by atoms with van der Waals surface area (Å²) in [6.45, 7) is 2.01. The van der Waals surface area contributed by atoms with Gasteiger partial charge >= 0.3 is 0 Å². The smallest absolute Gasteiger partial charge is 0.112 e. The van der Waals surface area contributed by atoms with E-state index in [0.717, 1.165) is 24.1 Å². The highest BCUT2D eigenvalue weighted by Gasteiger charge is 2.45. The summed E-state index contributed by atoms with van der Waals surface area (Å²) in [4.78, 5) is 4.36. The molecule has 3 heterocycles. The van der Waals surface area contributed by atoms with Gasteiger partial charge in [0.2, 0.25) is 0 Å². The molecule has 2 saturated heterocycles. The van der Waals surface area contributed by atoms with Gasteiger partial charge in [-0.1, -0.05) is 6.07 Å². The van der Waals surface area contributed by atoms with Gasteiger partial charge in [0.1, 0.15) is 5.60 Å². The average Bonchev–Trinajstić information content (AvgIpc) is 2.59. The van der Waals surface area contributed by atoms with Gasteiger partial charge in [0.15, 0.2) is 0 Å². The fourth-order valence-corrected chi connectivity index (χ4v) is 3.08. The number of aryl methyl sites for hydroxylation is 1. The van der Waals surface area contributed by atoms with E-state index in [9.17, 15) is 5.11 Å². The quantitative estimate of drug-likeness (QED) is 0.784. The second-order valence-corrected chi connectivity index (χ2v) is 5.07. The summed E-state index contributed by atoms with van der Waals surface area (Å²) >= 11 is 0. The van der Waals surface area contributed by atoms with Gasteiger partial charge in [-0.2, -0.15) is 0 Å². The van der Waals surface area contributed by atoms with Crippen molar-refractivity contribution >= 4 is 0 Å². The van der Waals surface area contributed by atoms with Crippen LogP contribution in [0.25, 0.3) is 0 Å². The van der Waals surface area contributed by atoms with Crippen LogP contribution in [0.1, 0.15) is 36.9 Å². The Labute approximate surface area is 95.5 Å². The summed E-state index contributed by atoms with van der Waals surface area (Å²) in [5.41, 5.74) is 1.15. The first-order chi connectivity index (χ1) is 7.67. The van der Waals surface area contributed by atoms with Gasteiger partial charge in [-0.25, -0.2) is 0 Å². The summed E-state index contributed by atoms with van der Waals surface area (Å²) in [5, 5.41) is 10.8. The van der Waals surface area contributed by atoms with Crippen molar-refractivity contribution in [2.45, 2.75) is 50.4 Å². The molecule has 3 heteroatoms. The Kier molecular flexibility index (Phi) is 2.26. The molecule has 1 N–H and O–H groups in total. The fraction of sp³-hybridized carbons (Fsp3) is 0.615. The maximum atomic E-state index is 10.8. The van der Waals surface area contributed by atoms with Crippen molar-refractivity contribution < 1.29 is 9.84 Å². The molecule has 2 aliphatic rings. The maximum Gasteiger partial charge on any atom is 0.112 e. The Morgan fingerprint density at radius 2 is 2.06 bits per heavy atom. The highest BCUT2D eigenvalue weighted by atomic mass is 16.5. The first-order valence-corrected chi connectivity index (χ1v) is 5.97. The second kappa shape index (κ2) is 3.54. The van der Waals surface area contributed by atoms with Crippen LogP contribution >= 0.6 is 0 Å². The van der Waals surface area contributed by atoms with Gasteiger partial charge in [-0.3, -0.25) is 4.98 Å². The van der Waals surface area contributed by atoms with Gasteiger partial charge in [-0.15, -0.1) is 0 Å². The van der Waals surface area contributed by atoms with E-state index in [2.05, 4.69) is 4.98 Å². The molecule has 2 atom stereocenters. The molecule has 1 aromatic rings. The van der Waals surface area contributed by atoms with E-state index in [-0.39, 0.29) is 12.2 Å². The van der Waals surface area contributed by atoms with Crippen molar-refractivity contribution in [1.29, 1.82) is 0 Å². The minimum Gasteiger partial charge on any atom is -0.383 e. The van der Waals surface area contributed by atoms with Crippen LogP contribution in [-0.2, 0) is 10.3 Å². The van der Waals surface area contributed by atoms with E-state index in [4.69, 9.17) is 4.74 Å². The van der Waals surface area contributed by atoms with Crippen molar-refractivity contribution in [1.82, 2.24) is 4.98 Å². The zero-order chi connectivity index (χ0) is 11.2. The Morgan fingerprint density at radius 3 is 2.69 bits per heavy atom. The van der Waals surface area contributed by atoms with E-state index < -0.39 is 5.60 Å². The molecule has 0 aromatic carbocycles. The van der Waals surface area contributed by atoms with E-state index in [0.29, 0.717) is 12.8 Å². The highest BCUT2D eigenvalue weighted by Crippen LogP contribution is 2.43. The van der Waals surface area contributed by atoms with Crippen LogP contribution in [0.5, 0.6) is 0 Å². The minimum atomic E-state index is -0.768. The minimum absolute atomic E-state index is 0.227. The lowest BCUT2D eigenvalue weighted by molar-refractivity contribution is -0.117. The number of pyridine rings is 1. The fourth-order valence-electron chi connectivity index (χ4n) is 3.08. The second-order valence-electron chi connectivity index (χ2n) is 5.07. The number of fused-ring (bicyclic) bond motifs is 2. The van der Waals surface area contributed by atoms with Gasteiger partial charge in [0.05, 0.1) is 17.9 Å². The van der Waals surface area contributed by atoms with Crippen molar-refractivity contribution in [3.8, 4) is 0 Å². The highest BCUT2D eigenvalue weighted by molar-refractivity contribution is 5.25. The van der Waals surface area contributed by atoms with E-state index in [1.54, 1.807) is 6.20 Å². The zero-order valence-electron chi connectivity index (χ0n) is 9.52. The average molecular weight is 219 g/mol. The molecule has 0 radical (unpaired) electrons. The first-order valence-electron chi connectivity index (χ1n) is 5.97. The van der Waals surface area contributed by atoms with Crippen LogP contribution in [-0.4, -0.2) is 22.3 Å². The summed E-state index contributed by atoms with van der Waals surface area (Å²) in [7, 11) is 0. The predicted molar refractivity (Wildman–Crippen MR) is 60.0 cm³/mol. The molecule has 0 aliphatic carbocycles. The van der Waals surface area contributed by atoms with Crippen LogP contribution in [0.15, 0.2) is 18.3 Å².